The molecule has 1 saturated heterocycles. The summed E-state index contributed by atoms with van der Waals surface area (Å²) in [5.41, 5.74) is 4.61. The highest BCUT2D eigenvalue weighted by Gasteiger charge is 2.44. The molecule has 5 atom stereocenters. The maximum Gasteiger partial charge on any atom is 0.408 e. The van der Waals surface area contributed by atoms with Crippen LogP contribution in [0.5, 0.6) is 11.5 Å². The van der Waals surface area contributed by atoms with Gasteiger partial charge in [-0.1, -0.05) is 30.3 Å². The third kappa shape index (κ3) is 6.37. The molecule has 0 saturated carbocycles. The van der Waals surface area contributed by atoms with Crippen molar-refractivity contribution in [3.05, 3.63) is 82.9 Å². The van der Waals surface area contributed by atoms with Crippen LogP contribution in [0.4, 0.5) is 10.6 Å². The highest BCUT2D eigenvalue weighted by Crippen LogP contribution is 2.53. The fourth-order valence-electron chi connectivity index (χ4n) is 3.76. The van der Waals surface area contributed by atoms with Gasteiger partial charge in [0.2, 0.25) is 5.85 Å². The molecule has 0 bridgehead atoms. The molecule has 1 unspecified atom stereocenters. The number of aliphatic hydroxyl groups is 2. The summed E-state index contributed by atoms with van der Waals surface area (Å²) in [4.78, 5) is 47.7. The molecule has 1 aromatic heterocycles. The summed E-state index contributed by atoms with van der Waals surface area (Å²) in [5.74, 6) is -1.26. The maximum atomic E-state index is 12.5. The molecule has 2 heterocycles. The van der Waals surface area contributed by atoms with Crippen LogP contribution in [0.2, 0.25) is 0 Å². The summed E-state index contributed by atoms with van der Waals surface area (Å²) < 4.78 is 29.3. The zero-order chi connectivity index (χ0) is 27.4. The van der Waals surface area contributed by atoms with E-state index in [4.69, 9.17) is 19.9 Å². The molecule has 0 spiro atoms. The van der Waals surface area contributed by atoms with Crippen molar-refractivity contribution in [1.29, 1.82) is 0 Å². The van der Waals surface area contributed by atoms with Gasteiger partial charge < -0.3 is 45.3 Å². The van der Waals surface area contributed by atoms with Gasteiger partial charge >= 0.3 is 19.4 Å². The van der Waals surface area contributed by atoms with E-state index in [1.165, 1.54) is 30.5 Å². The van der Waals surface area contributed by atoms with Gasteiger partial charge in [0, 0.05) is 18.3 Å². The number of carbonyl (C=O) groups is 1. The molecule has 1 aliphatic heterocycles. The molecule has 15 heteroatoms. The zero-order valence-electron chi connectivity index (χ0n) is 19.6. The summed E-state index contributed by atoms with van der Waals surface area (Å²) in [6.45, 7) is -0.421. The molecule has 2 aromatic carbocycles. The average Bonchev–Trinajstić information content (AvgIpc) is 3.14. The van der Waals surface area contributed by atoms with E-state index in [0.29, 0.717) is 5.75 Å². The monoisotopic (exact) mass is 548 g/mol. The number of alkyl carbamates (subject to hydrolysis) is 1. The smallest absolute Gasteiger partial charge is 0.408 e. The Hall–Kier alpha value is -3.78. The average molecular weight is 548 g/mol. The van der Waals surface area contributed by atoms with Gasteiger partial charge in [0.25, 0.3) is 0 Å². The molecule has 0 radical (unpaired) electrons. The number of benzene rings is 2. The van der Waals surface area contributed by atoms with Crippen LogP contribution in [-0.4, -0.2) is 60.5 Å². The van der Waals surface area contributed by atoms with Crippen LogP contribution in [0.3, 0.4) is 0 Å². The van der Waals surface area contributed by atoms with Gasteiger partial charge in [-0.25, -0.2) is 9.59 Å². The van der Waals surface area contributed by atoms with Gasteiger partial charge in [-0.2, -0.15) is 4.98 Å². The first-order valence-electron chi connectivity index (χ1n) is 11.2. The molecular formula is C23H25N4O10P. The van der Waals surface area contributed by atoms with Crippen molar-refractivity contribution >= 4 is 19.5 Å². The minimum Gasteiger partial charge on any atom is -0.457 e. The number of para-hydroxylation sites is 1. The fraction of sp³-hybridized carbons (Fsp3) is 0.261. The highest BCUT2D eigenvalue weighted by atomic mass is 31.2. The molecule has 0 aliphatic carbocycles. The SMILES string of the molecule is Nc1ccn([C@@H]2O[C@H](CNC(=O)OC(c3cccc(Oc4ccccc4)c3)P(=O)(O)O)[C@@H](O)[C@H]2O)c(=O)n1. The molecule has 7 N–H and O–H groups in total. The lowest BCUT2D eigenvalue weighted by atomic mass is 10.1. The van der Waals surface area contributed by atoms with Crippen LogP contribution in [0.25, 0.3) is 0 Å². The molecular weight excluding hydrogens is 523 g/mol. The van der Waals surface area contributed by atoms with Gasteiger partial charge in [-0.3, -0.25) is 9.13 Å². The van der Waals surface area contributed by atoms with E-state index in [1.807, 2.05) is 0 Å². The number of nitrogen functional groups attached to an aromatic ring is 1. The predicted octanol–water partition coefficient (Wildman–Crippen LogP) is 0.840. The van der Waals surface area contributed by atoms with Crippen molar-refractivity contribution in [3.8, 4) is 11.5 Å². The summed E-state index contributed by atoms with van der Waals surface area (Å²) in [5, 5.41) is 22.9. The molecule has 1 amide bonds. The lowest BCUT2D eigenvalue weighted by molar-refractivity contribution is -0.0390. The second-order valence-electron chi connectivity index (χ2n) is 8.30. The molecule has 202 valence electrons. The number of ether oxygens (including phenoxy) is 3. The molecule has 38 heavy (non-hydrogen) atoms. The van der Waals surface area contributed by atoms with Gasteiger partial charge in [0.15, 0.2) is 6.23 Å². The van der Waals surface area contributed by atoms with Gasteiger partial charge in [-0.05, 0) is 30.3 Å². The number of anilines is 1. The number of carbonyl (C=O) groups excluding carboxylic acids is 1. The number of amides is 1. The number of hydrogen-bond donors (Lipinski definition) is 6. The normalized spacial score (nSPS) is 22.0. The Balaban J connectivity index is 1.41. The van der Waals surface area contributed by atoms with E-state index in [1.54, 1.807) is 36.4 Å². The number of hydrogen-bond acceptors (Lipinski definition) is 10. The number of nitrogens with zero attached hydrogens (tertiary/aromatic N) is 2. The van der Waals surface area contributed by atoms with Crippen LogP contribution >= 0.6 is 7.60 Å². The van der Waals surface area contributed by atoms with E-state index in [9.17, 15) is 34.2 Å². The zero-order valence-corrected chi connectivity index (χ0v) is 20.5. The van der Waals surface area contributed by atoms with Crippen LogP contribution in [0, 0.1) is 0 Å². The summed E-state index contributed by atoms with van der Waals surface area (Å²) in [6, 6.07) is 15.7. The quantitative estimate of drug-likeness (QED) is 0.216. The number of aromatic nitrogens is 2. The van der Waals surface area contributed by atoms with Crippen molar-refractivity contribution in [2.45, 2.75) is 30.4 Å². The van der Waals surface area contributed by atoms with E-state index in [2.05, 4.69) is 10.3 Å². The molecule has 4 rings (SSSR count). The Kier molecular flexibility index (Phi) is 8.11. The molecule has 1 fully saturated rings. The highest BCUT2D eigenvalue weighted by molar-refractivity contribution is 7.52. The summed E-state index contributed by atoms with van der Waals surface area (Å²) in [6.07, 6.45) is -5.57. The van der Waals surface area contributed by atoms with Crippen molar-refractivity contribution in [3.63, 3.8) is 0 Å². The Morgan fingerprint density at radius 1 is 1.11 bits per heavy atom. The minimum atomic E-state index is -5.00. The van der Waals surface area contributed by atoms with E-state index in [0.717, 1.165) is 4.57 Å². The van der Waals surface area contributed by atoms with Gasteiger partial charge in [-0.15, -0.1) is 0 Å². The first kappa shape index (κ1) is 27.3. The van der Waals surface area contributed by atoms with Crippen molar-refractivity contribution < 1.29 is 43.6 Å². The second kappa shape index (κ2) is 11.3. The summed E-state index contributed by atoms with van der Waals surface area (Å²) in [7, 11) is -5.00. The van der Waals surface area contributed by atoms with E-state index < -0.39 is 56.3 Å². The van der Waals surface area contributed by atoms with Crippen molar-refractivity contribution in [1.82, 2.24) is 14.9 Å². The molecule has 14 nitrogen and oxygen atoms in total. The van der Waals surface area contributed by atoms with Crippen LogP contribution < -0.4 is 21.5 Å². The second-order valence-corrected chi connectivity index (χ2v) is 9.95. The number of nitrogens with one attached hydrogen (secondary N) is 1. The van der Waals surface area contributed by atoms with Gasteiger partial charge in [0.05, 0.1) is 0 Å². The third-order valence-electron chi connectivity index (χ3n) is 5.56. The Morgan fingerprint density at radius 3 is 2.50 bits per heavy atom. The Bertz CT molecular complexity index is 1380. The van der Waals surface area contributed by atoms with E-state index in [-0.39, 0.29) is 17.1 Å². The summed E-state index contributed by atoms with van der Waals surface area (Å²) >= 11 is 0. The third-order valence-corrected chi connectivity index (χ3v) is 6.57. The lowest BCUT2D eigenvalue weighted by Gasteiger charge is -2.21. The van der Waals surface area contributed by atoms with Crippen molar-refractivity contribution in [2.75, 3.05) is 12.3 Å². The number of nitrogens with two attached hydrogens (primary N) is 1. The van der Waals surface area contributed by atoms with Crippen LogP contribution in [0.15, 0.2) is 71.7 Å². The van der Waals surface area contributed by atoms with Crippen LogP contribution in [0.1, 0.15) is 17.6 Å². The molecule has 3 aromatic rings. The van der Waals surface area contributed by atoms with E-state index >= 15 is 0 Å². The van der Waals surface area contributed by atoms with Crippen molar-refractivity contribution in [2.24, 2.45) is 0 Å². The fourth-order valence-corrected chi connectivity index (χ4v) is 4.54. The Labute approximate surface area is 215 Å². The first-order chi connectivity index (χ1) is 18.0. The van der Waals surface area contributed by atoms with Crippen LogP contribution in [-0.2, 0) is 14.0 Å². The Morgan fingerprint density at radius 2 is 1.82 bits per heavy atom. The topological polar surface area (TPSA) is 216 Å². The standard InChI is InChI=1S/C23H25N4O10P/c24-17-9-10-27(22(30)26-17)20-19(29)18(28)16(36-20)12-25-23(31)37-21(38(32,33)34)13-5-4-8-15(11-13)35-14-6-2-1-3-7-14/h1-11,16,18-21,28-29H,12H2,(H,25,31)(H2,24,26,30)(H2,32,33,34)/t16-,18-,19-,20-,21?/m1/s1. The number of aliphatic hydroxyl groups excluding tert-OH is 2. The largest absolute Gasteiger partial charge is 0.457 e. The maximum absolute atomic E-state index is 12.5. The minimum absolute atomic E-state index is 0.0234. The molecule has 1 aliphatic rings. The lowest BCUT2D eigenvalue weighted by Crippen LogP contribution is -2.40. The van der Waals surface area contributed by atoms with Gasteiger partial charge in [0.1, 0.15) is 35.6 Å². The number of rotatable bonds is 8. The first-order valence-corrected chi connectivity index (χ1v) is 12.9. The predicted molar refractivity (Wildman–Crippen MR) is 131 cm³/mol.